The highest BCUT2D eigenvalue weighted by molar-refractivity contribution is 8.04. The molecule has 5 heteroatoms. The van der Waals surface area contributed by atoms with Gasteiger partial charge in [0, 0.05) is 25.2 Å². The summed E-state index contributed by atoms with van der Waals surface area (Å²) in [6.07, 6.45) is 0. The number of carbonyl (C=O) groups is 1. The molecule has 26 heavy (non-hydrogen) atoms. The Balaban J connectivity index is 2.67. The first kappa shape index (κ1) is 20.8. The normalized spacial score (nSPS) is 18.1. The molecule has 0 spiro atoms. The third-order valence-corrected chi connectivity index (χ3v) is 5.89. The Hall–Kier alpha value is -1.46. The fourth-order valence-electron chi connectivity index (χ4n) is 3.05. The van der Waals surface area contributed by atoms with Crippen LogP contribution in [-0.2, 0) is 15.6 Å². The SMILES string of the molecule is C/C(=C1\SCN(N(C)C)C1=O)c1cc(C(C)(C)C)c(O)c(C(C)(C)C)c1. The second-order valence-corrected chi connectivity index (χ2v) is 10.2. The van der Waals surface area contributed by atoms with E-state index in [-0.39, 0.29) is 16.7 Å². The molecule has 0 aromatic heterocycles. The summed E-state index contributed by atoms with van der Waals surface area (Å²) < 4.78 is 0. The number of aromatic hydroxyl groups is 1. The van der Waals surface area contributed by atoms with Crippen LogP contribution >= 0.6 is 11.8 Å². The minimum absolute atomic E-state index is 0.0418. The minimum Gasteiger partial charge on any atom is -0.507 e. The Morgan fingerprint density at radius 2 is 1.54 bits per heavy atom. The van der Waals surface area contributed by atoms with E-state index in [4.69, 9.17) is 0 Å². The number of rotatable bonds is 2. The van der Waals surface area contributed by atoms with Crippen molar-refractivity contribution in [2.45, 2.75) is 59.3 Å². The van der Waals surface area contributed by atoms with Gasteiger partial charge in [-0.3, -0.25) is 9.80 Å². The molecule has 1 heterocycles. The Kier molecular flexibility index (Phi) is 5.56. The maximum atomic E-state index is 12.7. The lowest BCUT2D eigenvalue weighted by molar-refractivity contribution is -0.136. The molecule has 1 aliphatic rings. The number of phenolic OH excluding ortho intramolecular Hbond substituents is 1. The van der Waals surface area contributed by atoms with Crippen molar-refractivity contribution in [2.24, 2.45) is 0 Å². The summed E-state index contributed by atoms with van der Waals surface area (Å²) in [6.45, 7) is 14.6. The molecule has 1 saturated heterocycles. The van der Waals surface area contributed by atoms with Crippen LogP contribution in [0.3, 0.4) is 0 Å². The third-order valence-electron chi connectivity index (χ3n) is 4.74. The molecule has 4 nitrogen and oxygen atoms in total. The van der Waals surface area contributed by atoms with Crippen LogP contribution in [-0.4, -0.2) is 41.0 Å². The molecule has 0 saturated carbocycles. The number of thioether (sulfide) groups is 1. The van der Waals surface area contributed by atoms with Gasteiger partial charge >= 0.3 is 0 Å². The standard InChI is InChI=1S/C21H32N2O2S/c1-13(18-19(25)23(12-26-18)22(8)9)14-10-15(20(2,3)4)17(24)16(11-14)21(5,6)7/h10-11,24H,12H2,1-9H3/b18-13+. The lowest BCUT2D eigenvalue weighted by Gasteiger charge is -2.28. The second kappa shape index (κ2) is 6.93. The Bertz CT molecular complexity index is 717. The highest BCUT2D eigenvalue weighted by Crippen LogP contribution is 2.43. The highest BCUT2D eigenvalue weighted by atomic mass is 32.2. The fourth-order valence-corrected chi connectivity index (χ4v) is 4.22. The first-order chi connectivity index (χ1) is 11.7. The van der Waals surface area contributed by atoms with Crippen molar-refractivity contribution in [3.63, 3.8) is 0 Å². The third kappa shape index (κ3) is 3.94. The van der Waals surface area contributed by atoms with E-state index in [1.54, 1.807) is 16.8 Å². The number of phenols is 1. The maximum absolute atomic E-state index is 12.7. The van der Waals surface area contributed by atoms with Gasteiger partial charge in [0.2, 0.25) is 0 Å². The molecule has 1 N–H and O–H groups in total. The fraction of sp³-hybridized carbons (Fsp3) is 0.571. The maximum Gasteiger partial charge on any atom is 0.275 e. The van der Waals surface area contributed by atoms with Crippen molar-refractivity contribution in [3.05, 3.63) is 33.7 Å². The number of hydrazine groups is 1. The molecule has 0 radical (unpaired) electrons. The first-order valence-corrected chi connectivity index (χ1v) is 9.95. The number of hydrogen-bond donors (Lipinski definition) is 1. The van der Waals surface area contributed by atoms with Crippen molar-refractivity contribution in [1.82, 2.24) is 10.0 Å². The number of hydrogen-bond acceptors (Lipinski definition) is 4. The van der Waals surface area contributed by atoms with Crippen LogP contribution < -0.4 is 0 Å². The second-order valence-electron chi connectivity index (χ2n) is 9.20. The molecule has 1 aromatic rings. The number of carbonyl (C=O) groups excluding carboxylic acids is 1. The molecule has 1 aliphatic heterocycles. The Labute approximate surface area is 162 Å². The van der Waals surface area contributed by atoms with Gasteiger partial charge in [-0.2, -0.15) is 0 Å². The van der Waals surface area contributed by atoms with E-state index in [1.807, 2.05) is 38.2 Å². The lowest BCUT2D eigenvalue weighted by Crippen LogP contribution is -2.37. The van der Waals surface area contributed by atoms with Gasteiger partial charge in [-0.1, -0.05) is 53.3 Å². The van der Waals surface area contributed by atoms with Gasteiger partial charge in [0.25, 0.3) is 5.91 Å². The van der Waals surface area contributed by atoms with Crippen LogP contribution in [0, 0.1) is 0 Å². The summed E-state index contributed by atoms with van der Waals surface area (Å²) in [5.74, 6) is 1.04. The molecule has 1 amide bonds. The van der Waals surface area contributed by atoms with E-state index in [0.29, 0.717) is 11.6 Å². The molecule has 0 atom stereocenters. The summed E-state index contributed by atoms with van der Waals surface area (Å²) in [5, 5.41) is 14.5. The predicted molar refractivity (Wildman–Crippen MR) is 111 cm³/mol. The van der Waals surface area contributed by atoms with Crippen molar-refractivity contribution in [1.29, 1.82) is 0 Å². The first-order valence-electron chi connectivity index (χ1n) is 8.96. The van der Waals surface area contributed by atoms with Gasteiger partial charge in [-0.25, -0.2) is 5.01 Å². The van der Waals surface area contributed by atoms with E-state index in [0.717, 1.165) is 27.2 Å². The summed E-state index contributed by atoms with van der Waals surface area (Å²) >= 11 is 1.57. The molecular formula is C21H32N2O2S. The van der Waals surface area contributed by atoms with Crippen molar-refractivity contribution >= 4 is 23.2 Å². The molecule has 1 aromatic carbocycles. The van der Waals surface area contributed by atoms with Crippen LogP contribution in [0.2, 0.25) is 0 Å². The smallest absolute Gasteiger partial charge is 0.275 e. The zero-order valence-corrected chi connectivity index (χ0v) is 18.3. The molecule has 0 unspecified atom stereocenters. The zero-order valence-electron chi connectivity index (χ0n) is 17.5. The van der Waals surface area contributed by atoms with Crippen molar-refractivity contribution in [2.75, 3.05) is 20.0 Å². The van der Waals surface area contributed by atoms with Gasteiger partial charge in [0.15, 0.2) is 0 Å². The van der Waals surface area contributed by atoms with Crippen LogP contribution in [0.25, 0.3) is 5.57 Å². The number of allylic oxidation sites excluding steroid dienone is 1. The van der Waals surface area contributed by atoms with Gasteiger partial charge in [0.1, 0.15) is 5.75 Å². The van der Waals surface area contributed by atoms with Gasteiger partial charge in [-0.05, 0) is 41.0 Å². The van der Waals surface area contributed by atoms with E-state index in [9.17, 15) is 9.90 Å². The molecule has 0 aliphatic carbocycles. The van der Waals surface area contributed by atoms with Crippen molar-refractivity contribution < 1.29 is 9.90 Å². The largest absolute Gasteiger partial charge is 0.507 e. The number of nitrogens with zero attached hydrogens (tertiary/aromatic N) is 2. The average Bonchev–Trinajstić information content (AvgIpc) is 2.86. The van der Waals surface area contributed by atoms with E-state index in [2.05, 4.69) is 41.5 Å². The zero-order chi connectivity index (χ0) is 20.0. The number of amides is 1. The summed E-state index contributed by atoms with van der Waals surface area (Å²) in [6, 6.07) is 4.08. The van der Waals surface area contributed by atoms with Gasteiger partial charge in [0.05, 0.1) is 10.8 Å². The van der Waals surface area contributed by atoms with Gasteiger partial charge in [-0.15, -0.1) is 0 Å². The van der Waals surface area contributed by atoms with E-state index in [1.165, 1.54) is 0 Å². The summed E-state index contributed by atoms with van der Waals surface area (Å²) in [7, 11) is 3.76. The van der Waals surface area contributed by atoms with Crippen LogP contribution in [0.5, 0.6) is 5.75 Å². The molecular weight excluding hydrogens is 344 g/mol. The van der Waals surface area contributed by atoms with Crippen molar-refractivity contribution in [3.8, 4) is 5.75 Å². The average molecular weight is 377 g/mol. The van der Waals surface area contributed by atoms with E-state index < -0.39 is 0 Å². The molecule has 144 valence electrons. The van der Waals surface area contributed by atoms with Crippen LogP contribution in [0.1, 0.15) is 65.2 Å². The molecule has 2 rings (SSSR count). The Morgan fingerprint density at radius 3 is 1.88 bits per heavy atom. The Morgan fingerprint density at radius 1 is 1.08 bits per heavy atom. The summed E-state index contributed by atoms with van der Waals surface area (Å²) in [5.41, 5.74) is 3.44. The predicted octanol–water partition coefficient (Wildman–Crippen LogP) is 4.73. The quantitative estimate of drug-likeness (QED) is 0.758. The highest BCUT2D eigenvalue weighted by Gasteiger charge is 2.32. The van der Waals surface area contributed by atoms with Crippen LogP contribution in [0.4, 0.5) is 0 Å². The number of benzene rings is 1. The monoisotopic (exact) mass is 376 g/mol. The van der Waals surface area contributed by atoms with E-state index >= 15 is 0 Å². The molecule has 1 fully saturated rings. The lowest BCUT2D eigenvalue weighted by atomic mass is 9.78. The minimum atomic E-state index is -0.187. The van der Waals surface area contributed by atoms with Crippen LogP contribution in [0.15, 0.2) is 17.0 Å². The molecule has 0 bridgehead atoms. The van der Waals surface area contributed by atoms with Gasteiger partial charge < -0.3 is 5.11 Å². The topological polar surface area (TPSA) is 43.8 Å². The summed E-state index contributed by atoms with van der Waals surface area (Å²) in [4.78, 5) is 13.5.